The highest BCUT2D eigenvalue weighted by atomic mass is 16.6. The zero-order valence-corrected chi connectivity index (χ0v) is 15.5. The minimum atomic E-state index is -0.864. The van der Waals surface area contributed by atoms with Crippen LogP contribution in [0.2, 0.25) is 0 Å². The second-order valence-corrected chi connectivity index (χ2v) is 8.47. The van der Waals surface area contributed by atoms with Crippen LogP contribution in [0.25, 0.3) is 0 Å². The fourth-order valence-electron chi connectivity index (χ4n) is 5.24. The molecule has 0 aromatic rings. The molecule has 4 aliphatic heterocycles. The van der Waals surface area contributed by atoms with Gasteiger partial charge in [0.15, 0.2) is 0 Å². The zero-order valence-electron chi connectivity index (χ0n) is 15.5. The summed E-state index contributed by atoms with van der Waals surface area (Å²) in [6.07, 6.45) is 0.106. The number of nitrogens with zero attached hydrogens (tertiary/aromatic N) is 1. The molecule has 0 aromatic heterocycles. The highest BCUT2D eigenvalue weighted by molar-refractivity contribution is 5.92. The van der Waals surface area contributed by atoms with E-state index in [1.165, 1.54) is 0 Å². The number of carbonyl (C=O) groups is 2. The average molecular weight is 379 g/mol. The van der Waals surface area contributed by atoms with Crippen molar-refractivity contribution in [3.05, 3.63) is 11.6 Å². The Hall–Kier alpha value is -1.48. The summed E-state index contributed by atoms with van der Waals surface area (Å²) >= 11 is 0. The minimum absolute atomic E-state index is 0.235. The molecule has 5 rings (SSSR count). The van der Waals surface area contributed by atoms with E-state index in [-0.39, 0.29) is 23.9 Å². The lowest BCUT2D eigenvalue weighted by molar-refractivity contribution is -0.144. The van der Waals surface area contributed by atoms with Crippen LogP contribution in [0.1, 0.15) is 20.3 Å². The van der Waals surface area contributed by atoms with Gasteiger partial charge in [-0.15, -0.1) is 0 Å². The lowest BCUT2D eigenvalue weighted by Crippen LogP contribution is -2.53. The minimum Gasteiger partial charge on any atom is -0.462 e. The van der Waals surface area contributed by atoms with Crippen LogP contribution in [0.5, 0.6) is 0 Å². The van der Waals surface area contributed by atoms with Crippen molar-refractivity contribution in [2.45, 2.75) is 56.3 Å². The number of hydrogen-bond donors (Lipinski definition) is 1. The van der Waals surface area contributed by atoms with Crippen LogP contribution in [0.3, 0.4) is 0 Å². The van der Waals surface area contributed by atoms with E-state index in [2.05, 4.69) is 4.90 Å². The summed E-state index contributed by atoms with van der Waals surface area (Å²) in [5, 5.41) is 11.1. The third kappa shape index (κ3) is 2.65. The Morgan fingerprint density at radius 2 is 1.96 bits per heavy atom. The van der Waals surface area contributed by atoms with Crippen molar-refractivity contribution in [3.8, 4) is 0 Å². The van der Waals surface area contributed by atoms with Gasteiger partial charge < -0.3 is 24.1 Å². The number of aliphatic hydroxyl groups is 1. The highest BCUT2D eigenvalue weighted by Crippen LogP contribution is 2.50. The van der Waals surface area contributed by atoms with E-state index in [4.69, 9.17) is 18.9 Å². The largest absolute Gasteiger partial charge is 0.462 e. The summed E-state index contributed by atoms with van der Waals surface area (Å²) in [5.41, 5.74) is -0.114. The summed E-state index contributed by atoms with van der Waals surface area (Å²) in [4.78, 5) is 27.0. The molecule has 3 fully saturated rings. The lowest BCUT2D eigenvalue weighted by atomic mass is 9.79. The standard InChI is InChI=1S/C19H25NO7/c1-9-13-11-7-10(18(23)25-11)14(20-3-5-24-6-4-20)15(21)16-19(2,27-16)8-12(13)26-17(9)22/h7,9,11-16,21H,3-6,8H2,1-2H3/t9?,11-,12+,13+,14+,15-,16+,19+/m1/s1. The highest BCUT2D eigenvalue weighted by Gasteiger charge is 2.64. The maximum Gasteiger partial charge on any atom is 0.336 e. The topological polar surface area (TPSA) is 97.8 Å². The van der Waals surface area contributed by atoms with E-state index in [1.54, 1.807) is 6.08 Å². The van der Waals surface area contributed by atoms with Crippen molar-refractivity contribution < 1.29 is 33.6 Å². The molecule has 148 valence electrons. The van der Waals surface area contributed by atoms with Crippen LogP contribution in [-0.2, 0) is 28.5 Å². The first-order valence-corrected chi connectivity index (χ1v) is 9.70. The molecule has 0 aromatic carbocycles. The second-order valence-electron chi connectivity index (χ2n) is 8.47. The lowest BCUT2D eigenvalue weighted by Gasteiger charge is -2.37. The molecular formula is C19H25NO7. The van der Waals surface area contributed by atoms with Crippen molar-refractivity contribution in [2.75, 3.05) is 26.3 Å². The van der Waals surface area contributed by atoms with Crippen molar-refractivity contribution in [1.29, 1.82) is 0 Å². The van der Waals surface area contributed by atoms with Crippen LogP contribution >= 0.6 is 0 Å². The smallest absolute Gasteiger partial charge is 0.336 e. The molecule has 1 unspecified atom stereocenters. The molecule has 8 heteroatoms. The van der Waals surface area contributed by atoms with Crippen LogP contribution in [0, 0.1) is 11.8 Å². The first-order valence-electron chi connectivity index (χ1n) is 9.70. The Labute approximate surface area is 157 Å². The van der Waals surface area contributed by atoms with Gasteiger partial charge in [0.1, 0.15) is 24.4 Å². The van der Waals surface area contributed by atoms with E-state index < -0.39 is 35.9 Å². The van der Waals surface area contributed by atoms with Crippen molar-refractivity contribution in [3.63, 3.8) is 0 Å². The summed E-state index contributed by atoms with van der Waals surface area (Å²) in [5.74, 6) is -1.28. The Morgan fingerprint density at radius 3 is 2.70 bits per heavy atom. The summed E-state index contributed by atoms with van der Waals surface area (Å²) in [6.45, 7) is 6.13. The molecule has 4 heterocycles. The number of aliphatic hydroxyl groups excluding tert-OH is 1. The van der Waals surface area contributed by atoms with Crippen molar-refractivity contribution in [2.24, 2.45) is 11.8 Å². The van der Waals surface area contributed by atoms with Crippen molar-refractivity contribution >= 4 is 11.9 Å². The molecule has 1 N–H and O–H groups in total. The van der Waals surface area contributed by atoms with Crippen LogP contribution in [-0.4, -0.2) is 84.3 Å². The Morgan fingerprint density at radius 1 is 1.22 bits per heavy atom. The summed E-state index contributed by atoms with van der Waals surface area (Å²) in [7, 11) is 0. The molecule has 2 bridgehead atoms. The molecule has 8 atom stereocenters. The molecular weight excluding hydrogens is 354 g/mol. The molecule has 0 radical (unpaired) electrons. The van der Waals surface area contributed by atoms with E-state index in [9.17, 15) is 14.7 Å². The number of epoxide rings is 1. The molecule has 5 aliphatic rings. The number of ether oxygens (including phenoxy) is 4. The molecule has 0 amide bonds. The van der Waals surface area contributed by atoms with Crippen molar-refractivity contribution in [1.82, 2.24) is 4.90 Å². The van der Waals surface area contributed by atoms with E-state index in [1.807, 2.05) is 13.8 Å². The molecule has 3 saturated heterocycles. The number of morpholine rings is 1. The fourth-order valence-corrected chi connectivity index (χ4v) is 5.24. The van der Waals surface area contributed by atoms with Gasteiger partial charge >= 0.3 is 11.9 Å². The van der Waals surface area contributed by atoms with E-state index in [0.29, 0.717) is 38.3 Å². The zero-order chi connectivity index (χ0) is 18.9. The van der Waals surface area contributed by atoms with Gasteiger partial charge in [0.2, 0.25) is 0 Å². The fraction of sp³-hybridized carbons (Fsp3) is 0.789. The summed E-state index contributed by atoms with van der Waals surface area (Å²) < 4.78 is 22.6. The monoisotopic (exact) mass is 379 g/mol. The SMILES string of the molecule is CC1C(=O)O[C@H]2C[C@]3(C)O[C@H]3[C@H](O)[C@@H](N3CCOCC3)C3=C[C@@H](OC3=O)[C@H]12. The molecule has 0 spiro atoms. The quantitative estimate of drug-likeness (QED) is 0.487. The van der Waals surface area contributed by atoms with Gasteiger partial charge in [0.25, 0.3) is 0 Å². The number of esters is 2. The molecule has 8 nitrogen and oxygen atoms in total. The average Bonchev–Trinajstić information content (AvgIpc) is 3.05. The summed E-state index contributed by atoms with van der Waals surface area (Å²) in [6, 6.07) is -0.497. The second kappa shape index (κ2) is 6.01. The molecule has 27 heavy (non-hydrogen) atoms. The predicted octanol–water partition coefficient (Wildman–Crippen LogP) is -0.361. The number of hydrogen-bond acceptors (Lipinski definition) is 8. The Kier molecular flexibility index (Phi) is 3.92. The van der Waals surface area contributed by atoms with Gasteiger partial charge in [-0.25, -0.2) is 4.79 Å². The van der Waals surface area contributed by atoms with Gasteiger partial charge in [0, 0.05) is 25.4 Å². The van der Waals surface area contributed by atoms with Crippen LogP contribution in [0.4, 0.5) is 0 Å². The maximum atomic E-state index is 12.7. The number of fused-ring (bicyclic) bond motifs is 4. The van der Waals surface area contributed by atoms with Gasteiger partial charge in [-0.1, -0.05) is 6.92 Å². The number of carbonyl (C=O) groups excluding carboxylic acids is 2. The van der Waals surface area contributed by atoms with Gasteiger partial charge in [-0.05, 0) is 13.0 Å². The number of rotatable bonds is 1. The van der Waals surface area contributed by atoms with Crippen LogP contribution < -0.4 is 0 Å². The van der Waals surface area contributed by atoms with E-state index in [0.717, 1.165) is 0 Å². The Balaban J connectivity index is 1.56. The Bertz CT molecular complexity index is 702. The van der Waals surface area contributed by atoms with Gasteiger partial charge in [-0.3, -0.25) is 9.69 Å². The molecule has 1 aliphatic carbocycles. The van der Waals surface area contributed by atoms with Gasteiger partial charge in [0.05, 0.1) is 36.3 Å². The van der Waals surface area contributed by atoms with Gasteiger partial charge in [-0.2, -0.15) is 0 Å². The third-order valence-corrected chi connectivity index (χ3v) is 6.79. The first kappa shape index (κ1) is 17.6. The normalized spacial score (nSPS) is 49.6. The van der Waals surface area contributed by atoms with E-state index >= 15 is 0 Å². The van der Waals surface area contributed by atoms with Crippen LogP contribution in [0.15, 0.2) is 11.6 Å². The third-order valence-electron chi connectivity index (χ3n) is 6.79. The molecule has 0 saturated carbocycles. The maximum absolute atomic E-state index is 12.7. The predicted molar refractivity (Wildman–Crippen MR) is 90.6 cm³/mol. The first-order chi connectivity index (χ1) is 12.9.